The van der Waals surface area contributed by atoms with E-state index in [-0.39, 0.29) is 12.5 Å². The first-order valence-electron chi connectivity index (χ1n) is 3.59. The van der Waals surface area contributed by atoms with E-state index in [9.17, 15) is 4.79 Å². The number of hydrogen-bond acceptors (Lipinski definition) is 3. The fourth-order valence-corrected chi connectivity index (χ4v) is 0.687. The molecule has 0 aliphatic rings. The van der Waals surface area contributed by atoms with Crippen molar-refractivity contribution in [1.29, 1.82) is 5.26 Å². The van der Waals surface area contributed by atoms with E-state index >= 15 is 0 Å². The van der Waals surface area contributed by atoms with Gasteiger partial charge in [0, 0.05) is 13.6 Å². The number of likely N-dealkylation sites (N-methyl/N-ethyl adjacent to an activating group) is 1. The minimum absolute atomic E-state index is 0.125. The van der Waals surface area contributed by atoms with Crippen LogP contribution in [0, 0.1) is 11.5 Å². The summed E-state index contributed by atoms with van der Waals surface area (Å²) in [6.45, 7) is 2.78. The van der Waals surface area contributed by atoms with Crippen LogP contribution in [0.3, 0.4) is 0 Å². The van der Waals surface area contributed by atoms with Gasteiger partial charge in [-0.2, -0.15) is 5.26 Å². The maximum Gasteiger partial charge on any atom is 0.240 e. The second-order valence-electron chi connectivity index (χ2n) is 2.19. The molecule has 0 aromatic rings. The zero-order valence-electron chi connectivity index (χ0n) is 6.92. The molecule has 0 heterocycles. The number of rotatable bonds is 4. The van der Waals surface area contributed by atoms with E-state index in [2.05, 4.69) is 5.32 Å². The standard InChI is InChI=1S/C7H13N3O/c1-3-4-10(6-8)5-7(11)9-2/h3-5H2,1-2H3,(H,9,11). The highest BCUT2D eigenvalue weighted by Gasteiger charge is 2.04. The quantitative estimate of drug-likeness (QED) is 0.456. The highest BCUT2D eigenvalue weighted by atomic mass is 16.1. The van der Waals surface area contributed by atoms with Crippen molar-refractivity contribution in [3.8, 4) is 6.19 Å². The average molecular weight is 155 g/mol. The number of nitrogens with one attached hydrogen (secondary N) is 1. The molecule has 0 atom stereocenters. The van der Waals surface area contributed by atoms with Crippen molar-refractivity contribution in [2.75, 3.05) is 20.1 Å². The third-order valence-electron chi connectivity index (χ3n) is 1.25. The number of hydrogen-bond donors (Lipinski definition) is 1. The number of carbonyl (C=O) groups is 1. The molecular formula is C7H13N3O. The molecule has 0 fully saturated rings. The molecule has 11 heavy (non-hydrogen) atoms. The zero-order valence-corrected chi connectivity index (χ0v) is 6.92. The molecule has 0 saturated heterocycles. The molecule has 0 aromatic carbocycles. The highest BCUT2D eigenvalue weighted by molar-refractivity contribution is 5.77. The smallest absolute Gasteiger partial charge is 0.240 e. The molecule has 0 bridgehead atoms. The Morgan fingerprint density at radius 2 is 2.36 bits per heavy atom. The first-order valence-corrected chi connectivity index (χ1v) is 3.59. The summed E-state index contributed by atoms with van der Waals surface area (Å²) in [5, 5.41) is 11.0. The molecule has 1 amide bonds. The summed E-state index contributed by atoms with van der Waals surface area (Å²) in [4.78, 5) is 12.2. The van der Waals surface area contributed by atoms with E-state index in [0.29, 0.717) is 6.54 Å². The van der Waals surface area contributed by atoms with E-state index in [1.807, 2.05) is 13.1 Å². The Hall–Kier alpha value is -1.24. The average Bonchev–Trinajstić information content (AvgIpc) is 2.03. The second kappa shape index (κ2) is 5.54. The summed E-state index contributed by atoms with van der Waals surface area (Å²) >= 11 is 0. The molecular weight excluding hydrogens is 142 g/mol. The first kappa shape index (κ1) is 9.76. The van der Waals surface area contributed by atoms with Gasteiger partial charge >= 0.3 is 0 Å². The predicted octanol–water partition coefficient (Wildman–Crippen LogP) is -0.0745. The van der Waals surface area contributed by atoms with Crippen LogP contribution >= 0.6 is 0 Å². The molecule has 62 valence electrons. The van der Waals surface area contributed by atoms with Crippen LogP contribution in [-0.4, -0.2) is 30.9 Å². The Balaban J connectivity index is 3.70. The van der Waals surface area contributed by atoms with Gasteiger partial charge in [0.25, 0.3) is 0 Å². The Morgan fingerprint density at radius 3 is 2.73 bits per heavy atom. The summed E-state index contributed by atoms with van der Waals surface area (Å²) in [6.07, 6.45) is 2.82. The van der Waals surface area contributed by atoms with Gasteiger partial charge in [0.2, 0.25) is 5.91 Å². The molecule has 1 N–H and O–H groups in total. The van der Waals surface area contributed by atoms with E-state index in [0.717, 1.165) is 6.42 Å². The van der Waals surface area contributed by atoms with Gasteiger partial charge < -0.3 is 10.2 Å². The lowest BCUT2D eigenvalue weighted by Gasteiger charge is -2.12. The van der Waals surface area contributed by atoms with Crippen LogP contribution in [0.2, 0.25) is 0 Å². The molecule has 4 heteroatoms. The molecule has 0 unspecified atom stereocenters. The Bertz CT molecular complexity index is 162. The maximum absolute atomic E-state index is 10.8. The summed E-state index contributed by atoms with van der Waals surface area (Å²) < 4.78 is 0. The third kappa shape index (κ3) is 4.20. The van der Waals surface area contributed by atoms with Crippen molar-refractivity contribution in [2.24, 2.45) is 0 Å². The molecule has 0 spiro atoms. The topological polar surface area (TPSA) is 56.1 Å². The molecule has 0 aliphatic heterocycles. The Kier molecular flexibility index (Phi) is 4.91. The van der Waals surface area contributed by atoms with E-state index in [1.54, 1.807) is 7.05 Å². The molecule has 0 saturated carbocycles. The van der Waals surface area contributed by atoms with Crippen LogP contribution in [0.1, 0.15) is 13.3 Å². The normalized spacial score (nSPS) is 8.45. The fraction of sp³-hybridized carbons (Fsp3) is 0.714. The van der Waals surface area contributed by atoms with Crippen LogP contribution in [0.4, 0.5) is 0 Å². The minimum Gasteiger partial charge on any atom is -0.358 e. The Labute approximate surface area is 66.8 Å². The monoisotopic (exact) mass is 155 g/mol. The number of nitriles is 1. The zero-order chi connectivity index (χ0) is 8.69. The van der Waals surface area contributed by atoms with Gasteiger partial charge in [-0.3, -0.25) is 4.79 Å². The fourth-order valence-electron chi connectivity index (χ4n) is 0.687. The number of carbonyl (C=O) groups excluding carboxylic acids is 1. The van der Waals surface area contributed by atoms with Gasteiger partial charge in [0.15, 0.2) is 6.19 Å². The molecule has 0 aliphatic carbocycles. The van der Waals surface area contributed by atoms with Crippen LogP contribution in [0.15, 0.2) is 0 Å². The van der Waals surface area contributed by atoms with Gasteiger partial charge in [-0.1, -0.05) is 6.92 Å². The van der Waals surface area contributed by atoms with Crippen LogP contribution in [0.5, 0.6) is 0 Å². The second-order valence-corrected chi connectivity index (χ2v) is 2.19. The number of amides is 1. The van der Waals surface area contributed by atoms with Crippen molar-refractivity contribution in [2.45, 2.75) is 13.3 Å². The molecule has 0 aromatic heterocycles. The van der Waals surface area contributed by atoms with Crippen LogP contribution in [0.25, 0.3) is 0 Å². The summed E-state index contributed by atoms with van der Waals surface area (Å²) in [7, 11) is 1.56. The SMILES string of the molecule is CCCN(C#N)CC(=O)NC. The van der Waals surface area contributed by atoms with Gasteiger partial charge in [-0.05, 0) is 6.42 Å². The van der Waals surface area contributed by atoms with Gasteiger partial charge in [-0.15, -0.1) is 0 Å². The minimum atomic E-state index is -0.125. The molecule has 0 radical (unpaired) electrons. The van der Waals surface area contributed by atoms with E-state index in [4.69, 9.17) is 5.26 Å². The highest BCUT2D eigenvalue weighted by Crippen LogP contribution is 1.87. The molecule has 4 nitrogen and oxygen atoms in total. The Morgan fingerprint density at radius 1 is 1.73 bits per heavy atom. The van der Waals surface area contributed by atoms with E-state index < -0.39 is 0 Å². The van der Waals surface area contributed by atoms with Crippen LogP contribution in [-0.2, 0) is 4.79 Å². The van der Waals surface area contributed by atoms with E-state index in [1.165, 1.54) is 4.90 Å². The first-order chi connectivity index (χ1) is 5.24. The number of nitrogens with zero attached hydrogens (tertiary/aromatic N) is 2. The molecule has 0 rings (SSSR count). The summed E-state index contributed by atoms with van der Waals surface area (Å²) in [6, 6.07) is 0. The van der Waals surface area contributed by atoms with Gasteiger partial charge in [0.05, 0.1) is 0 Å². The lowest BCUT2D eigenvalue weighted by Crippen LogP contribution is -2.33. The summed E-state index contributed by atoms with van der Waals surface area (Å²) in [5.41, 5.74) is 0. The largest absolute Gasteiger partial charge is 0.358 e. The lowest BCUT2D eigenvalue weighted by molar-refractivity contribution is -0.121. The van der Waals surface area contributed by atoms with Crippen LogP contribution < -0.4 is 5.32 Å². The van der Waals surface area contributed by atoms with Gasteiger partial charge in [-0.25, -0.2) is 0 Å². The predicted molar refractivity (Wildman–Crippen MR) is 41.5 cm³/mol. The maximum atomic E-state index is 10.8. The van der Waals surface area contributed by atoms with Crippen molar-refractivity contribution < 1.29 is 4.79 Å². The van der Waals surface area contributed by atoms with Crippen molar-refractivity contribution in [1.82, 2.24) is 10.2 Å². The lowest BCUT2D eigenvalue weighted by atomic mass is 10.4. The summed E-state index contributed by atoms with van der Waals surface area (Å²) in [5.74, 6) is -0.125. The van der Waals surface area contributed by atoms with Gasteiger partial charge in [0.1, 0.15) is 6.54 Å². The van der Waals surface area contributed by atoms with Crippen molar-refractivity contribution >= 4 is 5.91 Å². The van der Waals surface area contributed by atoms with Crippen molar-refractivity contribution in [3.63, 3.8) is 0 Å². The third-order valence-corrected chi connectivity index (χ3v) is 1.25. The van der Waals surface area contributed by atoms with Crippen molar-refractivity contribution in [3.05, 3.63) is 0 Å².